The van der Waals surface area contributed by atoms with E-state index in [2.05, 4.69) is 26.1 Å². The standard InChI is InChI=1S/C15H31NO/c1-4-5-14(8-9-17)11-16-15-10-12(2)6-7-13(15)3/h12-17H,4-11H2,1-3H3. The largest absolute Gasteiger partial charge is 0.396 e. The first kappa shape index (κ1) is 15.0. The van der Waals surface area contributed by atoms with Crippen molar-refractivity contribution in [3.05, 3.63) is 0 Å². The quantitative estimate of drug-likeness (QED) is 0.717. The molecule has 17 heavy (non-hydrogen) atoms. The van der Waals surface area contributed by atoms with Crippen LogP contribution in [-0.2, 0) is 0 Å². The van der Waals surface area contributed by atoms with E-state index in [1.165, 1.54) is 32.1 Å². The van der Waals surface area contributed by atoms with Crippen LogP contribution in [0.4, 0.5) is 0 Å². The molecule has 2 heteroatoms. The minimum absolute atomic E-state index is 0.336. The fourth-order valence-corrected chi connectivity index (χ4v) is 3.07. The highest BCUT2D eigenvalue weighted by molar-refractivity contribution is 4.82. The first-order valence-corrected chi connectivity index (χ1v) is 7.51. The minimum Gasteiger partial charge on any atom is -0.396 e. The van der Waals surface area contributed by atoms with Crippen LogP contribution in [0.5, 0.6) is 0 Å². The summed E-state index contributed by atoms with van der Waals surface area (Å²) < 4.78 is 0. The van der Waals surface area contributed by atoms with Crippen LogP contribution in [0.1, 0.15) is 59.3 Å². The zero-order valence-corrected chi connectivity index (χ0v) is 11.9. The SMILES string of the molecule is CCCC(CCO)CNC1CC(C)CCC1C. The molecule has 1 rings (SSSR count). The van der Waals surface area contributed by atoms with Crippen molar-refractivity contribution >= 4 is 0 Å². The molecule has 4 atom stereocenters. The Labute approximate surface area is 107 Å². The molecular weight excluding hydrogens is 210 g/mol. The summed E-state index contributed by atoms with van der Waals surface area (Å²) in [5.41, 5.74) is 0. The molecule has 102 valence electrons. The molecule has 1 fully saturated rings. The van der Waals surface area contributed by atoms with Crippen LogP contribution in [0.15, 0.2) is 0 Å². The predicted molar refractivity (Wildman–Crippen MR) is 74.1 cm³/mol. The number of hydrogen-bond donors (Lipinski definition) is 2. The van der Waals surface area contributed by atoms with Gasteiger partial charge in [0.05, 0.1) is 0 Å². The summed E-state index contributed by atoms with van der Waals surface area (Å²) in [6.07, 6.45) is 7.52. The predicted octanol–water partition coefficient (Wildman–Crippen LogP) is 3.20. The van der Waals surface area contributed by atoms with Crippen LogP contribution in [0.25, 0.3) is 0 Å². The summed E-state index contributed by atoms with van der Waals surface area (Å²) in [7, 11) is 0. The summed E-state index contributed by atoms with van der Waals surface area (Å²) >= 11 is 0. The van der Waals surface area contributed by atoms with Gasteiger partial charge in [-0.2, -0.15) is 0 Å². The zero-order valence-electron chi connectivity index (χ0n) is 11.9. The Kier molecular flexibility index (Phi) is 7.14. The van der Waals surface area contributed by atoms with E-state index in [9.17, 15) is 0 Å². The second kappa shape index (κ2) is 8.10. The summed E-state index contributed by atoms with van der Waals surface area (Å²) in [6, 6.07) is 0.705. The van der Waals surface area contributed by atoms with E-state index >= 15 is 0 Å². The number of rotatable bonds is 7. The summed E-state index contributed by atoms with van der Waals surface area (Å²) in [6.45, 7) is 8.41. The molecule has 0 bridgehead atoms. The average Bonchev–Trinajstić information content (AvgIpc) is 2.30. The third kappa shape index (κ3) is 5.39. The molecule has 0 radical (unpaired) electrons. The molecule has 0 aromatic heterocycles. The van der Waals surface area contributed by atoms with Gasteiger partial charge in [-0.3, -0.25) is 0 Å². The van der Waals surface area contributed by atoms with Crippen molar-refractivity contribution < 1.29 is 5.11 Å². The van der Waals surface area contributed by atoms with Gasteiger partial charge in [-0.15, -0.1) is 0 Å². The lowest BCUT2D eigenvalue weighted by molar-refractivity contribution is 0.205. The smallest absolute Gasteiger partial charge is 0.0434 e. The Morgan fingerprint density at radius 1 is 1.24 bits per heavy atom. The lowest BCUT2D eigenvalue weighted by atomic mass is 9.80. The summed E-state index contributed by atoms with van der Waals surface area (Å²) in [5.74, 6) is 2.36. The maximum Gasteiger partial charge on any atom is 0.0434 e. The molecule has 0 amide bonds. The topological polar surface area (TPSA) is 32.3 Å². The molecule has 1 aliphatic rings. The number of hydrogen-bond acceptors (Lipinski definition) is 2. The summed E-state index contributed by atoms with van der Waals surface area (Å²) in [5, 5.41) is 12.8. The van der Waals surface area contributed by atoms with Crippen LogP contribution >= 0.6 is 0 Å². The fraction of sp³-hybridized carbons (Fsp3) is 1.00. The lowest BCUT2D eigenvalue weighted by Crippen LogP contribution is -2.41. The van der Waals surface area contributed by atoms with E-state index in [-0.39, 0.29) is 0 Å². The number of aliphatic hydroxyl groups excluding tert-OH is 1. The molecule has 1 saturated carbocycles. The maximum absolute atomic E-state index is 9.07. The first-order valence-electron chi connectivity index (χ1n) is 7.51. The minimum atomic E-state index is 0.336. The molecular formula is C15H31NO. The van der Waals surface area contributed by atoms with Crippen molar-refractivity contribution in [2.24, 2.45) is 17.8 Å². The van der Waals surface area contributed by atoms with E-state index in [4.69, 9.17) is 5.11 Å². The van der Waals surface area contributed by atoms with Gasteiger partial charge in [0.25, 0.3) is 0 Å². The third-order valence-corrected chi connectivity index (χ3v) is 4.36. The van der Waals surface area contributed by atoms with E-state index in [0.29, 0.717) is 18.6 Å². The molecule has 0 saturated heterocycles. The number of aliphatic hydroxyl groups is 1. The van der Waals surface area contributed by atoms with Crippen LogP contribution in [-0.4, -0.2) is 24.3 Å². The van der Waals surface area contributed by atoms with Gasteiger partial charge < -0.3 is 10.4 Å². The molecule has 4 unspecified atom stereocenters. The lowest BCUT2D eigenvalue weighted by Gasteiger charge is -2.34. The Morgan fingerprint density at radius 2 is 2.00 bits per heavy atom. The Hall–Kier alpha value is -0.0800. The molecule has 0 aliphatic heterocycles. The van der Waals surface area contributed by atoms with Gasteiger partial charge in [0.1, 0.15) is 0 Å². The zero-order chi connectivity index (χ0) is 12.7. The van der Waals surface area contributed by atoms with Gasteiger partial charge in [0.15, 0.2) is 0 Å². The molecule has 0 aromatic rings. The van der Waals surface area contributed by atoms with Crippen LogP contribution in [0.3, 0.4) is 0 Å². The second-order valence-corrected chi connectivity index (χ2v) is 6.08. The van der Waals surface area contributed by atoms with Crippen molar-refractivity contribution in [1.29, 1.82) is 0 Å². The fourth-order valence-electron chi connectivity index (χ4n) is 3.07. The average molecular weight is 241 g/mol. The van der Waals surface area contributed by atoms with E-state index in [0.717, 1.165) is 24.8 Å². The molecule has 2 nitrogen and oxygen atoms in total. The molecule has 1 aliphatic carbocycles. The second-order valence-electron chi connectivity index (χ2n) is 6.08. The monoisotopic (exact) mass is 241 g/mol. The molecule has 0 aromatic carbocycles. The molecule has 0 spiro atoms. The van der Waals surface area contributed by atoms with Crippen molar-refractivity contribution in [1.82, 2.24) is 5.32 Å². The normalized spacial score (nSPS) is 31.4. The van der Waals surface area contributed by atoms with Gasteiger partial charge in [-0.25, -0.2) is 0 Å². The van der Waals surface area contributed by atoms with Gasteiger partial charge in [-0.1, -0.05) is 33.6 Å². The highest BCUT2D eigenvalue weighted by Crippen LogP contribution is 2.28. The molecule has 0 heterocycles. The van der Waals surface area contributed by atoms with Gasteiger partial charge in [0.2, 0.25) is 0 Å². The van der Waals surface area contributed by atoms with Crippen LogP contribution in [0.2, 0.25) is 0 Å². The van der Waals surface area contributed by atoms with E-state index in [1.54, 1.807) is 0 Å². The van der Waals surface area contributed by atoms with Gasteiger partial charge in [0, 0.05) is 12.6 Å². The Bertz CT molecular complexity index is 189. The molecule has 2 N–H and O–H groups in total. The highest BCUT2D eigenvalue weighted by Gasteiger charge is 2.25. The number of nitrogens with one attached hydrogen (secondary N) is 1. The first-order chi connectivity index (χ1) is 8.17. The van der Waals surface area contributed by atoms with Crippen LogP contribution in [0, 0.1) is 17.8 Å². The highest BCUT2D eigenvalue weighted by atomic mass is 16.3. The Balaban J connectivity index is 2.30. The maximum atomic E-state index is 9.07. The third-order valence-electron chi connectivity index (χ3n) is 4.36. The Morgan fingerprint density at radius 3 is 2.65 bits per heavy atom. The van der Waals surface area contributed by atoms with Crippen molar-refractivity contribution in [3.63, 3.8) is 0 Å². The van der Waals surface area contributed by atoms with Crippen molar-refractivity contribution in [2.75, 3.05) is 13.2 Å². The van der Waals surface area contributed by atoms with Crippen molar-refractivity contribution in [3.8, 4) is 0 Å². The van der Waals surface area contributed by atoms with E-state index in [1.807, 2.05) is 0 Å². The van der Waals surface area contributed by atoms with E-state index < -0.39 is 0 Å². The van der Waals surface area contributed by atoms with Gasteiger partial charge >= 0.3 is 0 Å². The van der Waals surface area contributed by atoms with Gasteiger partial charge in [-0.05, 0) is 50.0 Å². The van der Waals surface area contributed by atoms with Crippen LogP contribution < -0.4 is 5.32 Å². The summed E-state index contributed by atoms with van der Waals surface area (Å²) in [4.78, 5) is 0. The van der Waals surface area contributed by atoms with Crippen molar-refractivity contribution in [2.45, 2.75) is 65.3 Å².